The summed E-state index contributed by atoms with van der Waals surface area (Å²) in [7, 11) is 0. The molecular formula is C22H21N3O8. The summed E-state index contributed by atoms with van der Waals surface area (Å²) in [6, 6.07) is 10.4. The number of carbonyl (C=O) groups is 3. The fourth-order valence-corrected chi connectivity index (χ4v) is 3.55. The normalized spacial score (nSPS) is 17.9. The topological polar surface area (TPSA) is 137 Å². The van der Waals surface area contributed by atoms with Gasteiger partial charge in [-0.25, -0.2) is 0 Å². The summed E-state index contributed by atoms with van der Waals surface area (Å²) in [6.45, 7) is 2.40. The third-order valence-electron chi connectivity index (χ3n) is 5.30. The molecule has 2 aliphatic rings. The van der Waals surface area contributed by atoms with Crippen molar-refractivity contribution in [1.82, 2.24) is 0 Å². The van der Waals surface area contributed by atoms with Crippen LogP contribution in [0.5, 0.6) is 11.5 Å². The number of fused-ring (bicyclic) bond motifs is 1. The van der Waals surface area contributed by atoms with Crippen LogP contribution in [0.3, 0.4) is 0 Å². The summed E-state index contributed by atoms with van der Waals surface area (Å²) >= 11 is 0. The lowest BCUT2D eigenvalue weighted by Gasteiger charge is -2.22. The van der Waals surface area contributed by atoms with E-state index in [1.54, 1.807) is 18.2 Å². The molecule has 2 heterocycles. The lowest BCUT2D eigenvalue weighted by Crippen LogP contribution is -2.33. The Morgan fingerprint density at radius 3 is 2.55 bits per heavy atom. The minimum atomic E-state index is -1.12. The number of ether oxygens (including phenoxy) is 3. The van der Waals surface area contributed by atoms with Crippen molar-refractivity contribution in [3.8, 4) is 11.5 Å². The predicted octanol–water partition coefficient (Wildman–Crippen LogP) is 2.29. The molecule has 172 valence electrons. The summed E-state index contributed by atoms with van der Waals surface area (Å²) in [5.41, 5.74) is 0.804. The maximum atomic E-state index is 12.6. The van der Waals surface area contributed by atoms with Crippen molar-refractivity contribution in [2.45, 2.75) is 19.4 Å². The summed E-state index contributed by atoms with van der Waals surface area (Å²) < 4.78 is 16.3. The molecule has 2 aromatic rings. The van der Waals surface area contributed by atoms with Gasteiger partial charge in [0.2, 0.25) is 5.91 Å². The minimum Gasteiger partial charge on any atom is -0.486 e. The molecule has 0 saturated carbocycles. The Morgan fingerprint density at radius 1 is 1.15 bits per heavy atom. The molecule has 1 saturated heterocycles. The number of nitrogens with zero attached hydrogens (tertiary/aromatic N) is 2. The second kappa shape index (κ2) is 9.15. The van der Waals surface area contributed by atoms with Crippen molar-refractivity contribution >= 4 is 34.8 Å². The second-order valence-corrected chi connectivity index (χ2v) is 7.61. The number of hydrogen-bond donors (Lipinski definition) is 1. The van der Waals surface area contributed by atoms with Crippen LogP contribution >= 0.6 is 0 Å². The van der Waals surface area contributed by atoms with E-state index in [0.29, 0.717) is 36.1 Å². The number of nitrogens with one attached hydrogen (secondary N) is 1. The van der Waals surface area contributed by atoms with Gasteiger partial charge >= 0.3 is 5.97 Å². The first kappa shape index (κ1) is 22.1. The van der Waals surface area contributed by atoms with Crippen LogP contribution in [0.15, 0.2) is 42.5 Å². The number of anilines is 2. The quantitative estimate of drug-likeness (QED) is 0.398. The Balaban J connectivity index is 1.34. The van der Waals surface area contributed by atoms with Gasteiger partial charge < -0.3 is 24.4 Å². The van der Waals surface area contributed by atoms with Crippen LogP contribution in [0.4, 0.5) is 17.1 Å². The monoisotopic (exact) mass is 455 g/mol. The molecule has 1 N–H and O–H groups in total. The first-order valence-electron chi connectivity index (χ1n) is 10.3. The summed E-state index contributed by atoms with van der Waals surface area (Å²) in [6.07, 6.45) is -1.16. The molecule has 11 heteroatoms. The standard InChI is InChI=1S/C22H21N3O8/c1-13(21(27)23-15-2-4-16(5-3-15)25(29)30)33-22(28)14-10-20(26)24(12-14)17-6-7-18-19(11-17)32-9-8-31-18/h2-7,11,13-14H,8-10,12H2,1H3,(H,23,27)/t13-,14+/m0/s1. The van der Waals surface area contributed by atoms with Crippen LogP contribution in [-0.4, -0.2) is 48.6 Å². The molecule has 33 heavy (non-hydrogen) atoms. The zero-order valence-corrected chi connectivity index (χ0v) is 17.7. The van der Waals surface area contributed by atoms with Gasteiger partial charge in [-0.3, -0.25) is 24.5 Å². The van der Waals surface area contributed by atoms with Gasteiger partial charge in [0.25, 0.3) is 11.6 Å². The highest BCUT2D eigenvalue weighted by Gasteiger charge is 2.37. The molecular weight excluding hydrogens is 434 g/mol. The van der Waals surface area contributed by atoms with E-state index in [1.165, 1.54) is 36.1 Å². The number of carbonyl (C=O) groups excluding carboxylic acids is 3. The van der Waals surface area contributed by atoms with Gasteiger partial charge in [0.1, 0.15) is 13.2 Å². The minimum absolute atomic E-state index is 0.0377. The molecule has 4 rings (SSSR count). The number of esters is 1. The number of benzene rings is 2. The summed E-state index contributed by atoms with van der Waals surface area (Å²) in [4.78, 5) is 49.1. The number of nitro groups is 1. The maximum Gasteiger partial charge on any atom is 0.312 e. The predicted molar refractivity (Wildman–Crippen MR) is 115 cm³/mol. The Hall–Kier alpha value is -4.15. The van der Waals surface area contributed by atoms with Gasteiger partial charge in [-0.2, -0.15) is 0 Å². The van der Waals surface area contributed by atoms with Crippen molar-refractivity contribution in [1.29, 1.82) is 0 Å². The Kier molecular flexibility index (Phi) is 6.11. The lowest BCUT2D eigenvalue weighted by atomic mass is 10.1. The van der Waals surface area contributed by atoms with E-state index in [4.69, 9.17) is 14.2 Å². The molecule has 1 fully saturated rings. The SMILES string of the molecule is C[C@H](OC(=O)[C@@H]1CC(=O)N(c2ccc3c(c2)OCCO3)C1)C(=O)Nc1ccc([N+](=O)[O-])cc1. The first-order valence-corrected chi connectivity index (χ1v) is 10.3. The molecule has 0 aliphatic carbocycles. The number of non-ortho nitro benzene ring substituents is 1. The van der Waals surface area contributed by atoms with E-state index in [-0.39, 0.29) is 24.6 Å². The molecule has 2 aromatic carbocycles. The molecule has 0 unspecified atom stereocenters. The van der Waals surface area contributed by atoms with E-state index >= 15 is 0 Å². The Bertz CT molecular complexity index is 1100. The number of hydrogen-bond acceptors (Lipinski definition) is 8. The summed E-state index contributed by atoms with van der Waals surface area (Å²) in [5, 5.41) is 13.2. The Morgan fingerprint density at radius 2 is 1.85 bits per heavy atom. The van der Waals surface area contributed by atoms with Crippen LogP contribution < -0.4 is 19.7 Å². The average Bonchev–Trinajstić information content (AvgIpc) is 3.20. The van der Waals surface area contributed by atoms with Gasteiger partial charge in [-0.05, 0) is 31.2 Å². The van der Waals surface area contributed by atoms with E-state index < -0.39 is 28.8 Å². The van der Waals surface area contributed by atoms with Gasteiger partial charge in [0.05, 0.1) is 10.8 Å². The first-order chi connectivity index (χ1) is 15.8. The zero-order valence-electron chi connectivity index (χ0n) is 17.7. The molecule has 0 radical (unpaired) electrons. The van der Waals surface area contributed by atoms with Crippen molar-refractivity contribution in [2.24, 2.45) is 5.92 Å². The fraction of sp³-hybridized carbons (Fsp3) is 0.318. The van der Waals surface area contributed by atoms with Gasteiger partial charge in [0.15, 0.2) is 17.6 Å². The number of nitro benzene ring substituents is 1. The van der Waals surface area contributed by atoms with Crippen molar-refractivity contribution in [2.75, 3.05) is 30.0 Å². The molecule has 2 aliphatic heterocycles. The highest BCUT2D eigenvalue weighted by Crippen LogP contribution is 2.36. The van der Waals surface area contributed by atoms with E-state index in [2.05, 4.69) is 5.32 Å². The van der Waals surface area contributed by atoms with Gasteiger partial charge in [-0.1, -0.05) is 0 Å². The number of rotatable bonds is 6. The second-order valence-electron chi connectivity index (χ2n) is 7.61. The van der Waals surface area contributed by atoms with Crippen molar-refractivity contribution < 1.29 is 33.5 Å². The molecule has 0 aromatic heterocycles. The highest BCUT2D eigenvalue weighted by molar-refractivity contribution is 6.00. The van der Waals surface area contributed by atoms with Crippen molar-refractivity contribution in [3.05, 3.63) is 52.6 Å². The van der Waals surface area contributed by atoms with Crippen molar-refractivity contribution in [3.63, 3.8) is 0 Å². The van der Waals surface area contributed by atoms with Crippen LogP contribution in [0.2, 0.25) is 0 Å². The fourth-order valence-electron chi connectivity index (χ4n) is 3.55. The van der Waals surface area contributed by atoms with Crippen LogP contribution in [-0.2, 0) is 19.1 Å². The van der Waals surface area contributed by atoms with Crippen LogP contribution in [0.1, 0.15) is 13.3 Å². The van der Waals surface area contributed by atoms with Crippen LogP contribution in [0, 0.1) is 16.0 Å². The van der Waals surface area contributed by atoms with Gasteiger partial charge in [0, 0.05) is 42.5 Å². The van der Waals surface area contributed by atoms with E-state index in [9.17, 15) is 24.5 Å². The van der Waals surface area contributed by atoms with Gasteiger partial charge in [-0.15, -0.1) is 0 Å². The Labute approximate surface area is 188 Å². The maximum absolute atomic E-state index is 12.6. The van der Waals surface area contributed by atoms with E-state index in [0.717, 1.165) is 0 Å². The average molecular weight is 455 g/mol. The summed E-state index contributed by atoms with van der Waals surface area (Å²) in [5.74, 6) is -1.08. The largest absolute Gasteiger partial charge is 0.486 e. The molecule has 11 nitrogen and oxygen atoms in total. The molecule has 2 amide bonds. The lowest BCUT2D eigenvalue weighted by molar-refractivity contribution is -0.384. The molecule has 2 atom stereocenters. The third-order valence-corrected chi connectivity index (χ3v) is 5.30. The smallest absolute Gasteiger partial charge is 0.312 e. The number of amides is 2. The van der Waals surface area contributed by atoms with E-state index in [1.807, 2.05) is 0 Å². The molecule has 0 spiro atoms. The zero-order chi connectivity index (χ0) is 23.5. The van der Waals surface area contributed by atoms with Crippen LogP contribution in [0.25, 0.3) is 0 Å². The highest BCUT2D eigenvalue weighted by atomic mass is 16.6. The third kappa shape index (κ3) is 4.86. The molecule has 0 bridgehead atoms.